The Kier molecular flexibility index (Phi) is 7.84. The first-order valence-corrected chi connectivity index (χ1v) is 14.7. The maximum absolute atomic E-state index is 15.4. The third kappa shape index (κ3) is 5.30. The minimum Gasteiger partial charge on any atom is -0.453 e. The van der Waals surface area contributed by atoms with Gasteiger partial charge in [0.15, 0.2) is 0 Å². The minimum absolute atomic E-state index is 0.0332. The molecule has 1 aliphatic carbocycles. The predicted octanol–water partition coefficient (Wildman–Crippen LogP) is 4.42. The first-order valence-electron chi connectivity index (χ1n) is 14.7. The zero-order valence-electron chi connectivity index (χ0n) is 24.9. The molecule has 4 aromatic rings. The number of piperidine rings is 1. The molecule has 4 N–H and O–H groups in total. The topological polar surface area (TPSA) is 134 Å². The molecule has 13 heteroatoms. The highest BCUT2D eigenvalue weighted by atomic mass is 19.1. The molecule has 3 atom stereocenters. The molecule has 1 aliphatic heterocycles. The summed E-state index contributed by atoms with van der Waals surface area (Å²) in [6, 6.07) is 6.97. The molecule has 0 radical (unpaired) electrons. The smallest absolute Gasteiger partial charge is 0.409 e. The Morgan fingerprint density at radius 2 is 1.89 bits per heavy atom. The number of methoxy groups -OCH3 is 1. The van der Waals surface area contributed by atoms with Gasteiger partial charge in [-0.2, -0.15) is 9.61 Å². The number of nitrogens with zero attached hydrogens (tertiary/aromatic N) is 6. The summed E-state index contributed by atoms with van der Waals surface area (Å²) in [5.41, 5.74) is 7.49. The fourth-order valence-electron chi connectivity index (χ4n) is 6.76. The normalized spacial score (nSPS) is 21.4. The summed E-state index contributed by atoms with van der Waals surface area (Å²) >= 11 is 0. The van der Waals surface area contributed by atoms with Gasteiger partial charge in [0, 0.05) is 32.4 Å². The van der Waals surface area contributed by atoms with Crippen molar-refractivity contribution in [2.75, 3.05) is 37.5 Å². The van der Waals surface area contributed by atoms with Gasteiger partial charge in [-0.05, 0) is 54.7 Å². The number of nitrogens with one attached hydrogen (secondary N) is 1. The van der Waals surface area contributed by atoms with E-state index in [4.69, 9.17) is 10.5 Å². The summed E-state index contributed by atoms with van der Waals surface area (Å²) in [7, 11) is 3.04. The number of imidazole rings is 1. The van der Waals surface area contributed by atoms with Crippen molar-refractivity contribution in [2.24, 2.45) is 11.7 Å². The number of aromatic nitrogens is 4. The highest BCUT2D eigenvalue weighted by Gasteiger charge is 2.38. The van der Waals surface area contributed by atoms with Crippen molar-refractivity contribution in [3.05, 3.63) is 66.1 Å². The number of anilines is 3. The third-order valence-electron chi connectivity index (χ3n) is 8.91. The van der Waals surface area contributed by atoms with Gasteiger partial charge in [0.2, 0.25) is 5.95 Å². The van der Waals surface area contributed by atoms with E-state index < -0.39 is 23.3 Å². The molecule has 2 aliphatic rings. The molecule has 0 bridgehead atoms. The lowest BCUT2D eigenvalue weighted by Crippen LogP contribution is -2.62. The van der Waals surface area contributed by atoms with E-state index in [9.17, 15) is 9.90 Å². The van der Waals surface area contributed by atoms with Crippen LogP contribution in [0.4, 0.5) is 30.9 Å². The lowest BCUT2D eigenvalue weighted by molar-refractivity contribution is 0.0438. The molecule has 1 aromatic carbocycles. The quantitative estimate of drug-likeness (QED) is 0.292. The second kappa shape index (κ2) is 11.6. The summed E-state index contributed by atoms with van der Waals surface area (Å²) < 4.78 is 37.1. The van der Waals surface area contributed by atoms with Crippen LogP contribution in [0, 0.1) is 17.6 Å². The number of halogens is 2. The predicted molar refractivity (Wildman–Crippen MR) is 162 cm³/mol. The second-order valence-electron chi connectivity index (χ2n) is 11.8. The van der Waals surface area contributed by atoms with Crippen LogP contribution in [0.3, 0.4) is 0 Å². The molecule has 4 heterocycles. The van der Waals surface area contributed by atoms with Crippen molar-refractivity contribution < 1.29 is 23.4 Å². The molecule has 2 fully saturated rings. The largest absolute Gasteiger partial charge is 0.453 e. The van der Waals surface area contributed by atoms with E-state index in [0.717, 1.165) is 18.5 Å². The molecule has 232 valence electrons. The second-order valence-corrected chi connectivity index (χ2v) is 11.8. The van der Waals surface area contributed by atoms with E-state index in [1.807, 2.05) is 13.0 Å². The van der Waals surface area contributed by atoms with Crippen LogP contribution >= 0.6 is 0 Å². The highest BCUT2D eigenvalue weighted by Crippen LogP contribution is 2.40. The molecule has 1 saturated heterocycles. The number of hydrogen-bond acceptors (Lipinski definition) is 9. The number of amides is 1. The molecule has 3 aromatic heterocycles. The van der Waals surface area contributed by atoms with Crippen LogP contribution in [-0.2, 0) is 10.3 Å². The zero-order valence-corrected chi connectivity index (χ0v) is 24.9. The zero-order chi connectivity index (χ0) is 31.2. The molecule has 0 unspecified atom stereocenters. The Hall–Kier alpha value is -4.36. The molecular formula is C31H36F2N8O3. The Balaban J connectivity index is 1.28. The molecular weight excluding hydrogens is 570 g/mol. The van der Waals surface area contributed by atoms with Crippen molar-refractivity contribution >= 4 is 28.9 Å². The van der Waals surface area contributed by atoms with Gasteiger partial charge in [0.05, 0.1) is 59.3 Å². The van der Waals surface area contributed by atoms with E-state index >= 15 is 8.78 Å². The van der Waals surface area contributed by atoms with E-state index in [1.165, 1.54) is 23.8 Å². The van der Waals surface area contributed by atoms with Crippen molar-refractivity contribution in [3.63, 3.8) is 0 Å². The molecule has 6 rings (SSSR count). The number of ether oxygens (including phenoxy) is 1. The van der Waals surface area contributed by atoms with E-state index in [1.54, 1.807) is 42.7 Å². The average molecular weight is 607 g/mol. The van der Waals surface area contributed by atoms with Gasteiger partial charge in [0.1, 0.15) is 11.6 Å². The van der Waals surface area contributed by atoms with Crippen LogP contribution in [0.1, 0.15) is 38.2 Å². The number of rotatable bonds is 6. The number of carbonyl (C=O) groups excluding carboxylic acids is 1. The number of carbonyl (C=O) groups is 1. The molecule has 11 nitrogen and oxygen atoms in total. The van der Waals surface area contributed by atoms with Crippen LogP contribution in [0.15, 0.2) is 48.9 Å². The van der Waals surface area contributed by atoms with E-state index in [2.05, 4.69) is 25.3 Å². The van der Waals surface area contributed by atoms with Crippen LogP contribution in [0.5, 0.6) is 0 Å². The fraction of sp³-hybridized carbons (Fsp3) is 0.419. The Bertz CT molecular complexity index is 1660. The highest BCUT2D eigenvalue weighted by molar-refractivity contribution is 5.74. The first-order chi connectivity index (χ1) is 21.1. The van der Waals surface area contributed by atoms with Gasteiger partial charge in [-0.15, -0.1) is 0 Å². The number of nitrogens with two attached hydrogens (primary N) is 1. The van der Waals surface area contributed by atoms with Gasteiger partial charge < -0.3 is 30.7 Å². The molecule has 44 heavy (non-hydrogen) atoms. The fourth-order valence-corrected chi connectivity index (χ4v) is 6.76. The minimum atomic E-state index is -1.21. The first kappa shape index (κ1) is 29.7. The number of pyridine rings is 1. The Labute approximate surface area is 253 Å². The maximum atomic E-state index is 15.4. The maximum Gasteiger partial charge on any atom is 0.409 e. The summed E-state index contributed by atoms with van der Waals surface area (Å²) in [6.07, 6.45) is 7.09. The Morgan fingerprint density at radius 1 is 1.16 bits per heavy atom. The monoisotopic (exact) mass is 606 g/mol. The van der Waals surface area contributed by atoms with Gasteiger partial charge in [0.25, 0.3) is 0 Å². The number of benzene rings is 1. The summed E-state index contributed by atoms with van der Waals surface area (Å²) in [5, 5.41) is 18.7. The van der Waals surface area contributed by atoms with Gasteiger partial charge in [-0.25, -0.2) is 18.6 Å². The van der Waals surface area contributed by atoms with Crippen molar-refractivity contribution in [1.29, 1.82) is 0 Å². The summed E-state index contributed by atoms with van der Waals surface area (Å²) in [5.74, 6) is -1.22. The number of hydrogen-bond donors (Lipinski definition) is 3. The number of likely N-dealkylation sites (N-methyl/N-ethyl adjacent to an activating group) is 1. The van der Waals surface area contributed by atoms with Crippen LogP contribution in [-0.4, -0.2) is 75.0 Å². The molecule has 1 saturated carbocycles. The van der Waals surface area contributed by atoms with E-state index in [-0.39, 0.29) is 34.8 Å². The van der Waals surface area contributed by atoms with Gasteiger partial charge in [-0.3, -0.25) is 4.98 Å². The number of aliphatic hydroxyl groups is 1. The lowest BCUT2D eigenvalue weighted by atomic mass is 9.89. The molecule has 1 amide bonds. The number of fused-ring (bicyclic) bond motifs is 1. The van der Waals surface area contributed by atoms with Gasteiger partial charge in [-0.1, -0.05) is 19.8 Å². The average Bonchev–Trinajstić information content (AvgIpc) is 3.63. The van der Waals surface area contributed by atoms with Crippen LogP contribution in [0.2, 0.25) is 0 Å². The SMILES string of the molecule is COC(=O)N(C)[C@@H]1[C@H](N)CN(c2ccncc2Nc2ncc3ccc(-c4c(F)cc(C5(O)CCCC5)cc4F)nn23)C[C@@H]1C. The van der Waals surface area contributed by atoms with Crippen molar-refractivity contribution in [1.82, 2.24) is 24.5 Å². The standard InChI is InChI=1S/C31H36F2N8O3/c1-18-16-40(17-23(34)28(18)39(2)30(42)44-3)26-8-11-35-15-25(26)37-29-36-14-20-6-7-24(38-41(20)29)27-21(32)12-19(13-22(27)33)31(43)9-4-5-10-31/h6-8,11-15,18,23,28,43H,4-5,9-10,16-17,34H2,1-3H3,(H,36,37)/t18-,23+,28-/m0/s1. The lowest BCUT2D eigenvalue weighted by Gasteiger charge is -2.45. The molecule has 0 spiro atoms. The summed E-state index contributed by atoms with van der Waals surface area (Å²) in [4.78, 5) is 24.6. The third-order valence-corrected chi connectivity index (χ3v) is 8.91. The van der Waals surface area contributed by atoms with Gasteiger partial charge >= 0.3 is 6.09 Å². The van der Waals surface area contributed by atoms with Crippen molar-refractivity contribution in [3.8, 4) is 11.3 Å². The van der Waals surface area contributed by atoms with E-state index in [0.29, 0.717) is 43.1 Å². The van der Waals surface area contributed by atoms with Crippen LogP contribution < -0.4 is 16.0 Å². The summed E-state index contributed by atoms with van der Waals surface area (Å²) in [6.45, 7) is 3.13. The Morgan fingerprint density at radius 3 is 2.57 bits per heavy atom. The van der Waals surface area contributed by atoms with Crippen molar-refractivity contribution in [2.45, 2.75) is 50.3 Å². The van der Waals surface area contributed by atoms with Crippen LogP contribution in [0.25, 0.3) is 16.8 Å².